The van der Waals surface area contributed by atoms with Crippen LogP contribution in [0.1, 0.15) is 47.5 Å². The van der Waals surface area contributed by atoms with Gasteiger partial charge in [-0.1, -0.05) is 0 Å². The van der Waals surface area contributed by atoms with E-state index in [0.717, 1.165) is 5.57 Å². The molecule has 1 unspecified atom stereocenters. The van der Waals surface area contributed by atoms with Crippen molar-refractivity contribution in [2.45, 2.75) is 60.8 Å². The fourth-order valence-corrected chi connectivity index (χ4v) is 25.4. The summed E-state index contributed by atoms with van der Waals surface area (Å²) in [6.07, 6.45) is 0.623. The third kappa shape index (κ3) is 6.48. The zero-order chi connectivity index (χ0) is 32.2. The summed E-state index contributed by atoms with van der Waals surface area (Å²) >= 11 is -6.98. The molecule has 4 nitrogen and oxygen atoms in total. The number of ether oxygens (including phenoxy) is 2. The molecule has 1 fully saturated rings. The van der Waals surface area contributed by atoms with E-state index >= 15 is 0 Å². The Kier molecular flexibility index (Phi) is 11.0. The van der Waals surface area contributed by atoms with Crippen LogP contribution >= 0.6 is 0 Å². The van der Waals surface area contributed by atoms with Crippen molar-refractivity contribution in [1.82, 2.24) is 0 Å². The molecule has 1 saturated carbocycles. The molecule has 4 rings (SSSR count). The second-order valence-corrected chi connectivity index (χ2v) is 39.3. The van der Waals surface area contributed by atoms with Gasteiger partial charge < -0.3 is 0 Å². The molecule has 0 aromatic heterocycles. The van der Waals surface area contributed by atoms with Crippen molar-refractivity contribution in [3.8, 4) is 0 Å². The number of esters is 2. The van der Waals surface area contributed by atoms with Gasteiger partial charge in [-0.3, -0.25) is 0 Å². The summed E-state index contributed by atoms with van der Waals surface area (Å²) in [6.45, 7) is 15.8. The van der Waals surface area contributed by atoms with Gasteiger partial charge in [0.1, 0.15) is 0 Å². The van der Waals surface area contributed by atoms with Crippen LogP contribution in [0.3, 0.4) is 0 Å². The van der Waals surface area contributed by atoms with Crippen LogP contribution in [-0.2, 0) is 19.1 Å². The third-order valence-electron chi connectivity index (χ3n) is 10.0. The Morgan fingerprint density at radius 2 is 1.18 bits per heavy atom. The summed E-state index contributed by atoms with van der Waals surface area (Å²) in [7, 11) is 0. The molecule has 0 amide bonds. The molecule has 0 heterocycles. The van der Waals surface area contributed by atoms with Crippen LogP contribution in [0.4, 0.5) is 0 Å². The Labute approximate surface area is 272 Å². The standard InChI is InChI=1S/C14H18O4.3C6H5.C4H9.2CH3.2Sn/c1-5-11-9-14(8-10(11)4,12(15)17-6-2)13(16)18-7-3;3*1-2-4-6-5-3-1;1-4(2)3;;;;/h4,11H,1,6-9H2,2-3H3;3*1-5H;1-3H3;2*1H3;;. The monoisotopic (exact) mass is 808 g/mol. The third-order valence-corrected chi connectivity index (χ3v) is 39.3. The molecule has 3 aromatic rings. The van der Waals surface area contributed by atoms with Crippen molar-refractivity contribution in [2.75, 3.05) is 13.2 Å². The second kappa shape index (κ2) is 14.0. The molecule has 0 N–H and O–H groups in total. The van der Waals surface area contributed by atoms with Crippen LogP contribution in [-0.4, -0.2) is 61.9 Å². The van der Waals surface area contributed by atoms with E-state index in [0.29, 0.717) is 6.42 Å². The fraction of sp³-hybridized carbons (Fsp3) is 0.368. The van der Waals surface area contributed by atoms with Crippen molar-refractivity contribution in [3.63, 3.8) is 0 Å². The number of carbonyl (C=O) groups is 2. The van der Waals surface area contributed by atoms with Gasteiger partial charge in [0.2, 0.25) is 0 Å². The molecule has 1 aliphatic rings. The SMILES string of the molecule is C=[C](C1CC(C(=O)OCC)(C(=O)OCC)C/C1=[CH]/[Sn]([c]1ccccc1)([c]1ccccc1)[c]1ccccc1)[Sn]([CH3])([CH3])[C](C)(C)C. The molecule has 1 aliphatic carbocycles. The first-order valence-corrected chi connectivity index (χ1v) is 30.3. The number of rotatable bonds is 10. The molecule has 0 saturated heterocycles. The maximum absolute atomic E-state index is 13.9. The molecule has 232 valence electrons. The minimum atomic E-state index is -3.94. The van der Waals surface area contributed by atoms with E-state index in [1.54, 1.807) is 13.8 Å². The van der Waals surface area contributed by atoms with Crippen LogP contribution in [0.25, 0.3) is 0 Å². The van der Waals surface area contributed by atoms with Crippen molar-refractivity contribution in [1.29, 1.82) is 0 Å². The predicted octanol–water partition coefficient (Wildman–Crippen LogP) is 6.75. The zero-order valence-electron chi connectivity index (χ0n) is 27.5. The number of hydrogen-bond acceptors (Lipinski definition) is 4. The van der Waals surface area contributed by atoms with E-state index in [-0.39, 0.29) is 29.0 Å². The van der Waals surface area contributed by atoms with Crippen molar-refractivity contribution < 1.29 is 19.1 Å². The Balaban J connectivity index is 2.09. The van der Waals surface area contributed by atoms with Gasteiger partial charge in [-0.2, -0.15) is 0 Å². The Morgan fingerprint density at radius 1 is 0.795 bits per heavy atom. The summed E-state index contributed by atoms with van der Waals surface area (Å²) in [5.74, 6) is -1.08. The molecule has 3 aromatic carbocycles. The second-order valence-electron chi connectivity index (χ2n) is 13.5. The van der Waals surface area contributed by atoms with Gasteiger partial charge in [-0.25, -0.2) is 0 Å². The Morgan fingerprint density at radius 3 is 1.52 bits per heavy atom. The molecule has 44 heavy (non-hydrogen) atoms. The molecular weight excluding hydrogens is 758 g/mol. The molecule has 0 spiro atoms. The van der Waals surface area contributed by atoms with E-state index < -0.39 is 54.1 Å². The normalized spacial score (nSPS) is 17.7. The van der Waals surface area contributed by atoms with Gasteiger partial charge in [-0.05, 0) is 0 Å². The van der Waals surface area contributed by atoms with Crippen molar-refractivity contribution in [2.24, 2.45) is 11.3 Å². The zero-order valence-corrected chi connectivity index (χ0v) is 33.2. The topological polar surface area (TPSA) is 52.6 Å². The van der Waals surface area contributed by atoms with Crippen LogP contribution in [0, 0.1) is 11.3 Å². The van der Waals surface area contributed by atoms with Crippen molar-refractivity contribution >= 4 is 59.4 Å². The Bertz CT molecular complexity index is 1370. The molecular formula is C38H48O4Sn2. The minimum absolute atomic E-state index is 0.106. The van der Waals surface area contributed by atoms with Gasteiger partial charge >= 0.3 is 275 Å². The van der Waals surface area contributed by atoms with Crippen molar-refractivity contribution in [3.05, 3.63) is 111 Å². The molecule has 6 heteroatoms. The first-order chi connectivity index (χ1) is 20.8. The summed E-state index contributed by atoms with van der Waals surface area (Å²) in [5, 5.41) is 0. The Hall–Kier alpha value is -2.32. The van der Waals surface area contributed by atoms with E-state index in [1.807, 2.05) is 0 Å². The predicted molar refractivity (Wildman–Crippen MR) is 187 cm³/mol. The first-order valence-electron chi connectivity index (χ1n) is 15.8. The first kappa shape index (κ1) is 34.5. The van der Waals surface area contributed by atoms with Gasteiger partial charge in [0, 0.05) is 0 Å². The number of carbonyl (C=O) groups excluding carboxylic acids is 2. The van der Waals surface area contributed by atoms with Crippen LogP contribution in [0.5, 0.6) is 0 Å². The quantitative estimate of drug-likeness (QED) is 0.129. The van der Waals surface area contributed by atoms with Crippen LogP contribution in [0.2, 0.25) is 13.3 Å². The summed E-state index contributed by atoms with van der Waals surface area (Å²) in [6, 6.07) is 32.5. The number of hydrogen-bond donors (Lipinski definition) is 0. The molecule has 0 bridgehead atoms. The van der Waals surface area contributed by atoms with E-state index in [4.69, 9.17) is 16.1 Å². The van der Waals surface area contributed by atoms with E-state index in [9.17, 15) is 9.59 Å². The summed E-state index contributed by atoms with van der Waals surface area (Å²) in [4.78, 5) is 32.6. The van der Waals surface area contributed by atoms with Crippen LogP contribution in [0.15, 0.2) is 111 Å². The number of benzene rings is 3. The molecule has 0 aliphatic heterocycles. The summed E-state index contributed by atoms with van der Waals surface area (Å²) < 4.78 is 19.1. The fourth-order valence-electron chi connectivity index (χ4n) is 6.50. The van der Waals surface area contributed by atoms with Crippen LogP contribution < -0.4 is 10.7 Å². The van der Waals surface area contributed by atoms with E-state index in [1.165, 1.54) is 14.3 Å². The maximum atomic E-state index is 13.9. The number of allylic oxidation sites excluding steroid dienone is 2. The van der Waals surface area contributed by atoms with Gasteiger partial charge in [0.05, 0.1) is 0 Å². The van der Waals surface area contributed by atoms with Gasteiger partial charge in [-0.15, -0.1) is 0 Å². The molecule has 1 atom stereocenters. The van der Waals surface area contributed by atoms with Gasteiger partial charge in [0.25, 0.3) is 0 Å². The molecule has 0 radical (unpaired) electrons. The summed E-state index contributed by atoms with van der Waals surface area (Å²) in [5.41, 5.74) is -0.259. The van der Waals surface area contributed by atoms with E-state index in [2.05, 4.69) is 126 Å². The van der Waals surface area contributed by atoms with Gasteiger partial charge in [0.15, 0.2) is 0 Å². The average molecular weight is 806 g/mol. The average Bonchev–Trinajstić information content (AvgIpc) is 3.41.